The Morgan fingerprint density at radius 2 is 1.77 bits per heavy atom. The molecule has 2 amide bonds. The second kappa shape index (κ2) is 8.43. The number of anilines is 1. The van der Waals surface area contributed by atoms with Crippen molar-refractivity contribution in [2.24, 2.45) is 11.8 Å². The van der Waals surface area contributed by atoms with E-state index in [9.17, 15) is 22.8 Å². The van der Waals surface area contributed by atoms with E-state index < -0.39 is 12.1 Å². The van der Waals surface area contributed by atoms with Crippen molar-refractivity contribution in [3.8, 4) is 0 Å². The number of carbonyl (C=O) groups excluding carboxylic acids is 2. The molecule has 0 spiro atoms. The van der Waals surface area contributed by atoms with E-state index in [0.717, 1.165) is 5.69 Å². The average Bonchev–Trinajstić information content (AvgIpc) is 3.28. The van der Waals surface area contributed by atoms with Crippen LogP contribution >= 0.6 is 0 Å². The molecule has 0 bridgehead atoms. The number of likely N-dealkylation sites (tertiary alicyclic amines) is 1. The molecule has 0 saturated carbocycles. The number of hydrogen-bond acceptors (Lipinski definition) is 6. The summed E-state index contributed by atoms with van der Waals surface area (Å²) in [5, 5.41) is 7.12. The lowest BCUT2D eigenvalue weighted by Gasteiger charge is -2.21. The summed E-state index contributed by atoms with van der Waals surface area (Å²) >= 11 is 0. The Morgan fingerprint density at radius 3 is 2.30 bits per heavy atom. The lowest BCUT2D eigenvalue weighted by molar-refractivity contribution is -0.192. The van der Waals surface area contributed by atoms with Crippen molar-refractivity contribution < 1.29 is 32.7 Å². The Morgan fingerprint density at radius 1 is 1.10 bits per heavy atom. The Bertz CT molecular complexity index is 926. The molecule has 0 aliphatic carbocycles. The van der Waals surface area contributed by atoms with Crippen LogP contribution in [0.3, 0.4) is 0 Å². The van der Waals surface area contributed by atoms with Gasteiger partial charge in [0.05, 0.1) is 24.0 Å². The summed E-state index contributed by atoms with van der Waals surface area (Å²) < 4.78 is 31.7. The van der Waals surface area contributed by atoms with Crippen molar-refractivity contribution in [2.75, 3.05) is 24.5 Å². The number of carboxylic acids is 1. The summed E-state index contributed by atoms with van der Waals surface area (Å²) in [5.74, 6) is -2.82. The Balaban J connectivity index is 0.000000318. The summed E-state index contributed by atoms with van der Waals surface area (Å²) in [6, 6.07) is 5.27. The van der Waals surface area contributed by atoms with Gasteiger partial charge in [-0.2, -0.15) is 13.2 Å². The zero-order chi connectivity index (χ0) is 21.9. The Hall–Kier alpha value is -3.57. The molecule has 2 saturated heterocycles. The van der Waals surface area contributed by atoms with E-state index in [1.807, 2.05) is 0 Å². The van der Waals surface area contributed by atoms with Gasteiger partial charge in [0, 0.05) is 31.7 Å². The van der Waals surface area contributed by atoms with Gasteiger partial charge in [0.1, 0.15) is 12.0 Å². The number of pyridine rings is 1. The van der Waals surface area contributed by atoms with Crippen molar-refractivity contribution in [1.29, 1.82) is 0 Å². The van der Waals surface area contributed by atoms with Gasteiger partial charge in [-0.1, -0.05) is 6.07 Å². The predicted molar refractivity (Wildman–Crippen MR) is 95.2 cm³/mol. The molecule has 30 heavy (non-hydrogen) atoms. The fraction of sp³-hybridized carbons (Fsp3) is 0.333. The van der Waals surface area contributed by atoms with Crippen molar-refractivity contribution in [2.45, 2.75) is 6.18 Å². The molecule has 158 valence electrons. The Kier molecular flexibility index (Phi) is 5.94. The summed E-state index contributed by atoms with van der Waals surface area (Å²) in [7, 11) is 0. The zero-order valence-electron chi connectivity index (χ0n) is 15.4. The van der Waals surface area contributed by atoms with Gasteiger partial charge in [0.25, 0.3) is 5.91 Å². The molecular formula is C18H16F3N5O4. The van der Waals surface area contributed by atoms with E-state index in [-0.39, 0.29) is 23.7 Å². The van der Waals surface area contributed by atoms with Crippen LogP contribution in [0.2, 0.25) is 0 Å². The first-order valence-electron chi connectivity index (χ1n) is 8.75. The van der Waals surface area contributed by atoms with Gasteiger partial charge in [0.2, 0.25) is 5.91 Å². The minimum Gasteiger partial charge on any atom is -0.475 e. The molecule has 9 nitrogen and oxygen atoms in total. The van der Waals surface area contributed by atoms with Crippen LogP contribution in [0.15, 0.2) is 43.1 Å². The smallest absolute Gasteiger partial charge is 0.475 e. The highest BCUT2D eigenvalue weighted by Crippen LogP contribution is 2.35. The van der Waals surface area contributed by atoms with Crippen LogP contribution in [-0.2, 0) is 9.59 Å². The molecule has 2 aromatic heterocycles. The number of nitrogens with zero attached hydrogens (tertiary/aromatic N) is 5. The third-order valence-electron chi connectivity index (χ3n) is 4.71. The fourth-order valence-electron chi connectivity index (χ4n) is 3.34. The van der Waals surface area contributed by atoms with Crippen LogP contribution in [0.25, 0.3) is 0 Å². The molecule has 0 aromatic carbocycles. The Labute approximate surface area is 168 Å². The van der Waals surface area contributed by atoms with Crippen molar-refractivity contribution in [1.82, 2.24) is 19.9 Å². The normalized spacial score (nSPS) is 20.4. The van der Waals surface area contributed by atoms with E-state index in [0.29, 0.717) is 25.3 Å². The fourth-order valence-corrected chi connectivity index (χ4v) is 3.34. The minimum absolute atomic E-state index is 0.0427. The third kappa shape index (κ3) is 4.53. The van der Waals surface area contributed by atoms with E-state index in [2.05, 4.69) is 15.0 Å². The van der Waals surface area contributed by atoms with Crippen LogP contribution in [0, 0.1) is 11.8 Å². The van der Waals surface area contributed by atoms with Crippen LogP contribution in [0.4, 0.5) is 18.9 Å². The molecule has 0 unspecified atom stereocenters. The van der Waals surface area contributed by atoms with Gasteiger partial charge in [-0.05, 0) is 12.1 Å². The van der Waals surface area contributed by atoms with E-state index in [4.69, 9.17) is 9.90 Å². The lowest BCUT2D eigenvalue weighted by atomic mass is 10.0. The molecule has 2 aromatic rings. The highest BCUT2D eigenvalue weighted by atomic mass is 19.4. The second-order valence-corrected chi connectivity index (χ2v) is 6.64. The number of halogens is 3. The molecule has 4 heterocycles. The maximum absolute atomic E-state index is 12.6. The summed E-state index contributed by atoms with van der Waals surface area (Å²) in [5.41, 5.74) is 1.14. The molecular weight excluding hydrogens is 407 g/mol. The van der Waals surface area contributed by atoms with Gasteiger partial charge in [-0.3, -0.25) is 14.6 Å². The van der Waals surface area contributed by atoms with Crippen LogP contribution < -0.4 is 4.90 Å². The molecule has 0 radical (unpaired) electrons. The number of alkyl halides is 3. The molecule has 2 aliphatic rings. The van der Waals surface area contributed by atoms with Crippen LogP contribution in [-0.4, -0.2) is 68.6 Å². The van der Waals surface area contributed by atoms with Crippen LogP contribution in [0.1, 0.15) is 10.5 Å². The maximum atomic E-state index is 12.6. The van der Waals surface area contributed by atoms with E-state index >= 15 is 0 Å². The first-order chi connectivity index (χ1) is 14.2. The van der Waals surface area contributed by atoms with Gasteiger partial charge < -0.3 is 14.9 Å². The summed E-state index contributed by atoms with van der Waals surface area (Å²) in [6.45, 7) is 1.63. The topological polar surface area (TPSA) is 117 Å². The number of amides is 2. The summed E-state index contributed by atoms with van der Waals surface area (Å²) in [6.07, 6.45) is 1.25. The molecule has 12 heteroatoms. The first kappa shape index (κ1) is 21.1. The van der Waals surface area contributed by atoms with Gasteiger partial charge in [-0.25, -0.2) is 14.8 Å². The molecule has 2 atom stereocenters. The van der Waals surface area contributed by atoms with Gasteiger partial charge in [0.15, 0.2) is 0 Å². The monoisotopic (exact) mass is 423 g/mol. The number of aromatic nitrogens is 3. The quantitative estimate of drug-likeness (QED) is 0.772. The number of fused-ring (bicyclic) bond motifs is 1. The highest BCUT2D eigenvalue weighted by molar-refractivity contribution is 5.99. The number of rotatable bonds is 2. The number of hydrogen-bond donors (Lipinski definition) is 1. The minimum atomic E-state index is -5.08. The van der Waals surface area contributed by atoms with E-state index in [1.165, 1.54) is 6.33 Å². The lowest BCUT2D eigenvalue weighted by Crippen LogP contribution is -2.36. The second-order valence-electron chi connectivity index (χ2n) is 6.64. The predicted octanol–water partition coefficient (Wildman–Crippen LogP) is 1.24. The number of carbonyl (C=O) groups is 3. The SMILES string of the molecule is O=C(O)C(F)(F)F.O=C(c1ccccn1)N1C[C@H]2CN(c3cncnc3)C(=O)[C@H]2C1. The molecule has 2 aliphatic heterocycles. The third-order valence-corrected chi connectivity index (χ3v) is 4.71. The van der Waals surface area contributed by atoms with E-state index in [1.54, 1.807) is 46.6 Å². The largest absolute Gasteiger partial charge is 0.490 e. The summed E-state index contributed by atoms with van der Waals surface area (Å²) in [4.78, 5) is 49.4. The number of aliphatic carboxylic acids is 1. The average molecular weight is 423 g/mol. The van der Waals surface area contributed by atoms with Gasteiger partial charge >= 0.3 is 12.1 Å². The van der Waals surface area contributed by atoms with Crippen molar-refractivity contribution in [3.05, 3.63) is 48.8 Å². The van der Waals surface area contributed by atoms with Crippen molar-refractivity contribution >= 4 is 23.5 Å². The molecule has 4 rings (SSSR count). The molecule has 1 N–H and O–H groups in total. The van der Waals surface area contributed by atoms with Gasteiger partial charge in [-0.15, -0.1) is 0 Å². The highest BCUT2D eigenvalue weighted by Gasteiger charge is 2.48. The van der Waals surface area contributed by atoms with Crippen molar-refractivity contribution in [3.63, 3.8) is 0 Å². The van der Waals surface area contributed by atoms with Crippen LogP contribution in [0.5, 0.6) is 0 Å². The zero-order valence-corrected chi connectivity index (χ0v) is 15.4. The number of carboxylic acid groups (broad SMARTS) is 1. The molecule has 2 fully saturated rings. The maximum Gasteiger partial charge on any atom is 0.490 e. The standard InChI is InChI=1S/C16H15N5O2.C2HF3O2/c22-15-13-9-20(16(23)14-3-1-2-4-19-14)7-11(13)8-21(15)12-5-17-10-18-6-12;3-2(4,5)1(6)7/h1-6,10-11,13H,7-9H2;(H,6,7)/t11-,13-;/m0./s1. The first-order valence-corrected chi connectivity index (χ1v) is 8.75.